The standard InChI is InChI=1S/C18H21NO/c1-4-8-15-13-14(2)11-12-17(15)18(20)19(3)16-9-6-5-7-10-16/h5-7,9-13H,4,8H2,1-3H3. The summed E-state index contributed by atoms with van der Waals surface area (Å²) in [6.07, 6.45) is 1.98. The molecule has 0 unspecified atom stereocenters. The molecule has 0 saturated heterocycles. The van der Waals surface area contributed by atoms with Crippen LogP contribution in [0.1, 0.15) is 34.8 Å². The number of hydrogen-bond acceptors (Lipinski definition) is 1. The number of carbonyl (C=O) groups is 1. The first-order valence-corrected chi connectivity index (χ1v) is 7.06. The number of rotatable bonds is 4. The fourth-order valence-electron chi connectivity index (χ4n) is 2.36. The molecule has 104 valence electrons. The van der Waals surface area contributed by atoms with Crippen LogP contribution in [0, 0.1) is 6.92 Å². The van der Waals surface area contributed by atoms with Crippen LogP contribution >= 0.6 is 0 Å². The number of nitrogens with zero attached hydrogens (tertiary/aromatic N) is 1. The molecule has 2 aromatic rings. The van der Waals surface area contributed by atoms with Gasteiger partial charge in [-0.25, -0.2) is 0 Å². The van der Waals surface area contributed by atoms with Crippen molar-refractivity contribution in [2.24, 2.45) is 0 Å². The quantitative estimate of drug-likeness (QED) is 0.812. The van der Waals surface area contributed by atoms with Crippen LogP contribution in [-0.2, 0) is 6.42 Å². The van der Waals surface area contributed by atoms with Gasteiger partial charge in [-0.2, -0.15) is 0 Å². The van der Waals surface area contributed by atoms with Crippen molar-refractivity contribution in [3.8, 4) is 0 Å². The molecule has 0 fully saturated rings. The van der Waals surface area contributed by atoms with Crippen molar-refractivity contribution < 1.29 is 4.79 Å². The Morgan fingerprint density at radius 2 is 1.80 bits per heavy atom. The summed E-state index contributed by atoms with van der Waals surface area (Å²) in [5.74, 6) is 0.0552. The number of aryl methyl sites for hydroxylation is 2. The SMILES string of the molecule is CCCc1cc(C)ccc1C(=O)N(C)c1ccccc1. The molecule has 0 N–H and O–H groups in total. The second-order valence-corrected chi connectivity index (χ2v) is 5.11. The highest BCUT2D eigenvalue weighted by atomic mass is 16.2. The number of benzene rings is 2. The Labute approximate surface area is 121 Å². The highest BCUT2D eigenvalue weighted by molar-refractivity contribution is 6.06. The van der Waals surface area contributed by atoms with Crippen molar-refractivity contribution >= 4 is 11.6 Å². The molecule has 20 heavy (non-hydrogen) atoms. The average Bonchev–Trinajstić information content (AvgIpc) is 2.47. The van der Waals surface area contributed by atoms with Crippen LogP contribution < -0.4 is 4.90 Å². The number of hydrogen-bond donors (Lipinski definition) is 0. The van der Waals surface area contributed by atoms with Crippen molar-refractivity contribution in [3.05, 3.63) is 65.2 Å². The van der Waals surface area contributed by atoms with E-state index in [0.717, 1.165) is 29.7 Å². The molecule has 0 radical (unpaired) electrons. The zero-order valence-electron chi connectivity index (χ0n) is 12.4. The maximum absolute atomic E-state index is 12.7. The molecule has 0 aromatic heterocycles. The minimum atomic E-state index is 0.0552. The van der Waals surface area contributed by atoms with E-state index in [1.165, 1.54) is 5.56 Å². The number of carbonyl (C=O) groups excluding carboxylic acids is 1. The lowest BCUT2D eigenvalue weighted by molar-refractivity contribution is 0.0992. The predicted molar refractivity (Wildman–Crippen MR) is 84.3 cm³/mol. The van der Waals surface area contributed by atoms with E-state index in [4.69, 9.17) is 0 Å². The minimum Gasteiger partial charge on any atom is -0.311 e. The molecule has 0 bridgehead atoms. The van der Waals surface area contributed by atoms with E-state index in [1.54, 1.807) is 4.90 Å². The molecule has 2 rings (SSSR count). The molecule has 1 amide bonds. The number of amides is 1. The summed E-state index contributed by atoms with van der Waals surface area (Å²) < 4.78 is 0. The van der Waals surface area contributed by atoms with Gasteiger partial charge in [-0.15, -0.1) is 0 Å². The van der Waals surface area contributed by atoms with Crippen LogP contribution in [0.2, 0.25) is 0 Å². The molecule has 2 heteroatoms. The normalized spacial score (nSPS) is 10.3. The summed E-state index contributed by atoms with van der Waals surface area (Å²) in [5, 5.41) is 0. The summed E-state index contributed by atoms with van der Waals surface area (Å²) in [4.78, 5) is 14.4. The first kappa shape index (κ1) is 14.3. The first-order valence-electron chi connectivity index (χ1n) is 7.06. The van der Waals surface area contributed by atoms with Crippen LogP contribution in [0.5, 0.6) is 0 Å². The molecule has 2 aromatic carbocycles. The Kier molecular flexibility index (Phi) is 4.57. The second-order valence-electron chi connectivity index (χ2n) is 5.11. The Morgan fingerprint density at radius 3 is 2.45 bits per heavy atom. The zero-order chi connectivity index (χ0) is 14.5. The van der Waals surface area contributed by atoms with Gasteiger partial charge in [0.15, 0.2) is 0 Å². The van der Waals surface area contributed by atoms with Crippen LogP contribution in [0.3, 0.4) is 0 Å². The Morgan fingerprint density at radius 1 is 1.10 bits per heavy atom. The van der Waals surface area contributed by atoms with Crippen molar-refractivity contribution in [3.63, 3.8) is 0 Å². The molecular formula is C18H21NO. The van der Waals surface area contributed by atoms with Gasteiger partial charge in [0, 0.05) is 18.3 Å². The van der Waals surface area contributed by atoms with Gasteiger partial charge in [0.05, 0.1) is 0 Å². The van der Waals surface area contributed by atoms with Crippen LogP contribution in [0.25, 0.3) is 0 Å². The first-order chi connectivity index (χ1) is 9.63. The Balaban J connectivity index is 2.33. The number of para-hydroxylation sites is 1. The fraction of sp³-hybridized carbons (Fsp3) is 0.278. The van der Waals surface area contributed by atoms with Crippen molar-refractivity contribution in [2.45, 2.75) is 26.7 Å². The third-order valence-electron chi connectivity index (χ3n) is 3.46. The van der Waals surface area contributed by atoms with E-state index in [2.05, 4.69) is 19.9 Å². The van der Waals surface area contributed by atoms with Gasteiger partial charge < -0.3 is 4.90 Å². The van der Waals surface area contributed by atoms with Gasteiger partial charge in [-0.1, -0.05) is 49.2 Å². The fourth-order valence-corrected chi connectivity index (χ4v) is 2.36. The van der Waals surface area contributed by atoms with Crippen molar-refractivity contribution in [2.75, 3.05) is 11.9 Å². The third-order valence-corrected chi connectivity index (χ3v) is 3.46. The Bertz CT molecular complexity index is 590. The maximum Gasteiger partial charge on any atom is 0.258 e. The molecule has 0 aliphatic carbocycles. The third kappa shape index (κ3) is 3.08. The molecule has 0 spiro atoms. The second kappa shape index (κ2) is 6.38. The molecular weight excluding hydrogens is 246 g/mol. The molecule has 0 saturated carbocycles. The van der Waals surface area contributed by atoms with Crippen molar-refractivity contribution in [1.29, 1.82) is 0 Å². The van der Waals surface area contributed by atoms with E-state index >= 15 is 0 Å². The van der Waals surface area contributed by atoms with Gasteiger partial charge in [-0.3, -0.25) is 4.79 Å². The summed E-state index contributed by atoms with van der Waals surface area (Å²) in [7, 11) is 1.83. The summed E-state index contributed by atoms with van der Waals surface area (Å²) in [6.45, 7) is 4.20. The van der Waals surface area contributed by atoms with Gasteiger partial charge >= 0.3 is 0 Å². The average molecular weight is 267 g/mol. The summed E-state index contributed by atoms with van der Waals surface area (Å²) in [6, 6.07) is 15.8. The van der Waals surface area contributed by atoms with Gasteiger partial charge in [-0.05, 0) is 37.1 Å². The topological polar surface area (TPSA) is 20.3 Å². The summed E-state index contributed by atoms with van der Waals surface area (Å²) in [5.41, 5.74) is 4.07. The molecule has 0 aliphatic heterocycles. The largest absolute Gasteiger partial charge is 0.311 e. The maximum atomic E-state index is 12.7. The van der Waals surface area contributed by atoms with E-state index in [0.29, 0.717) is 0 Å². The Hall–Kier alpha value is -2.09. The lowest BCUT2D eigenvalue weighted by Gasteiger charge is -2.19. The van der Waals surface area contributed by atoms with Gasteiger partial charge in [0.1, 0.15) is 0 Å². The zero-order valence-corrected chi connectivity index (χ0v) is 12.4. The van der Waals surface area contributed by atoms with Crippen LogP contribution in [0.4, 0.5) is 5.69 Å². The van der Waals surface area contributed by atoms with E-state index < -0.39 is 0 Å². The highest BCUT2D eigenvalue weighted by Gasteiger charge is 2.16. The number of anilines is 1. The highest BCUT2D eigenvalue weighted by Crippen LogP contribution is 2.19. The molecule has 0 atom stereocenters. The van der Waals surface area contributed by atoms with Gasteiger partial charge in [0.25, 0.3) is 5.91 Å². The molecule has 2 nitrogen and oxygen atoms in total. The predicted octanol–water partition coefficient (Wildman–Crippen LogP) is 4.22. The van der Waals surface area contributed by atoms with Crippen LogP contribution in [0.15, 0.2) is 48.5 Å². The smallest absolute Gasteiger partial charge is 0.258 e. The van der Waals surface area contributed by atoms with E-state index in [-0.39, 0.29) is 5.91 Å². The lowest BCUT2D eigenvalue weighted by atomic mass is 9.99. The minimum absolute atomic E-state index is 0.0552. The van der Waals surface area contributed by atoms with E-state index in [9.17, 15) is 4.79 Å². The lowest BCUT2D eigenvalue weighted by Crippen LogP contribution is -2.27. The monoisotopic (exact) mass is 267 g/mol. The van der Waals surface area contributed by atoms with E-state index in [1.807, 2.05) is 49.5 Å². The molecule has 0 heterocycles. The van der Waals surface area contributed by atoms with Gasteiger partial charge in [0.2, 0.25) is 0 Å². The molecule has 0 aliphatic rings. The van der Waals surface area contributed by atoms with Crippen molar-refractivity contribution in [1.82, 2.24) is 0 Å². The summed E-state index contributed by atoms with van der Waals surface area (Å²) >= 11 is 0. The van der Waals surface area contributed by atoms with Crippen LogP contribution in [-0.4, -0.2) is 13.0 Å².